The number of hydrogen-bond acceptors (Lipinski definition) is 0. The monoisotopic (exact) mass is 206 g/mol. The van der Waals surface area contributed by atoms with Gasteiger partial charge >= 0.3 is 0 Å². The maximum atomic E-state index is 4.26. The molecule has 3 aliphatic rings. The largest absolute Gasteiger partial charge is 0.0996 e. The summed E-state index contributed by atoms with van der Waals surface area (Å²) in [5.41, 5.74) is 1.57. The second-order valence-electron chi connectivity index (χ2n) is 5.83. The van der Waals surface area contributed by atoms with Crippen LogP contribution < -0.4 is 0 Å². The molecule has 0 N–H and O–H groups in total. The molecule has 3 saturated carbocycles. The lowest BCUT2D eigenvalue weighted by molar-refractivity contribution is 0.184. The summed E-state index contributed by atoms with van der Waals surface area (Å²) in [6.07, 6.45) is 13.0. The summed E-state index contributed by atoms with van der Waals surface area (Å²) in [6, 6.07) is 0. The molecule has 0 radical (unpaired) electrons. The molecule has 0 heterocycles. The average molecular weight is 206 g/mol. The van der Waals surface area contributed by atoms with Gasteiger partial charge in [0.15, 0.2) is 0 Å². The van der Waals surface area contributed by atoms with Crippen LogP contribution in [0.5, 0.6) is 0 Å². The molecule has 0 aromatic rings. The standard InChI is InChI=1S/C15H26/c1-3-4-7-13-8-5-6-12(2)15-10-14(9-13)11-15/h13-15H,2-11H2,1H3. The van der Waals surface area contributed by atoms with Crippen LogP contribution in [0.4, 0.5) is 0 Å². The molecule has 0 aromatic heterocycles. The molecule has 1 atom stereocenters. The first-order valence-electron chi connectivity index (χ1n) is 6.97. The van der Waals surface area contributed by atoms with Gasteiger partial charge in [-0.15, -0.1) is 0 Å². The van der Waals surface area contributed by atoms with Crippen molar-refractivity contribution in [2.45, 2.75) is 64.7 Å². The highest BCUT2D eigenvalue weighted by Crippen LogP contribution is 2.45. The van der Waals surface area contributed by atoms with Crippen LogP contribution in [-0.4, -0.2) is 0 Å². The minimum atomic E-state index is 0.917. The third kappa shape index (κ3) is 2.86. The van der Waals surface area contributed by atoms with E-state index in [2.05, 4.69) is 13.5 Å². The summed E-state index contributed by atoms with van der Waals surface area (Å²) in [7, 11) is 0. The van der Waals surface area contributed by atoms with Crippen molar-refractivity contribution in [2.24, 2.45) is 17.8 Å². The van der Waals surface area contributed by atoms with E-state index in [4.69, 9.17) is 0 Å². The average Bonchev–Trinajstić information content (AvgIpc) is 2.27. The van der Waals surface area contributed by atoms with Crippen molar-refractivity contribution in [3.05, 3.63) is 12.2 Å². The van der Waals surface area contributed by atoms with Crippen LogP contribution in [0.1, 0.15) is 64.7 Å². The highest BCUT2D eigenvalue weighted by atomic mass is 14.4. The van der Waals surface area contributed by atoms with Crippen LogP contribution in [0.3, 0.4) is 0 Å². The summed E-state index contributed by atoms with van der Waals surface area (Å²) in [6.45, 7) is 6.58. The van der Waals surface area contributed by atoms with Crippen molar-refractivity contribution in [1.29, 1.82) is 0 Å². The first-order chi connectivity index (χ1) is 7.29. The predicted octanol–water partition coefficient (Wildman–Crippen LogP) is 4.95. The lowest BCUT2D eigenvalue weighted by Crippen LogP contribution is -2.25. The first-order valence-corrected chi connectivity index (χ1v) is 6.97. The third-order valence-corrected chi connectivity index (χ3v) is 4.56. The SMILES string of the molecule is C=C1CCCC(CCCC)CC2CC1C2. The van der Waals surface area contributed by atoms with Gasteiger partial charge in [-0.3, -0.25) is 0 Å². The van der Waals surface area contributed by atoms with Crippen molar-refractivity contribution in [3.63, 3.8) is 0 Å². The molecule has 2 bridgehead atoms. The normalized spacial score (nSPS) is 36.3. The zero-order valence-corrected chi connectivity index (χ0v) is 10.3. The summed E-state index contributed by atoms with van der Waals surface area (Å²) < 4.78 is 0. The minimum absolute atomic E-state index is 0.917. The van der Waals surface area contributed by atoms with E-state index in [1.54, 1.807) is 5.57 Å². The molecule has 15 heavy (non-hydrogen) atoms. The predicted molar refractivity (Wildman–Crippen MR) is 66.8 cm³/mol. The molecule has 86 valence electrons. The van der Waals surface area contributed by atoms with Gasteiger partial charge in [0.05, 0.1) is 0 Å². The zero-order chi connectivity index (χ0) is 10.7. The van der Waals surface area contributed by atoms with E-state index in [0.717, 1.165) is 17.8 Å². The second-order valence-corrected chi connectivity index (χ2v) is 5.83. The van der Waals surface area contributed by atoms with E-state index in [1.807, 2.05) is 0 Å². The maximum absolute atomic E-state index is 4.26. The van der Waals surface area contributed by atoms with Gasteiger partial charge in [0.2, 0.25) is 0 Å². The van der Waals surface area contributed by atoms with E-state index in [1.165, 1.54) is 57.8 Å². The number of allylic oxidation sites excluding steroid dienone is 1. The fourth-order valence-electron chi connectivity index (χ4n) is 3.43. The summed E-state index contributed by atoms with van der Waals surface area (Å²) >= 11 is 0. The van der Waals surface area contributed by atoms with E-state index in [9.17, 15) is 0 Å². The van der Waals surface area contributed by atoms with Gasteiger partial charge < -0.3 is 0 Å². The quantitative estimate of drug-likeness (QED) is 0.573. The van der Waals surface area contributed by atoms with Gasteiger partial charge in [-0.05, 0) is 49.9 Å². The fourth-order valence-corrected chi connectivity index (χ4v) is 3.43. The Hall–Kier alpha value is -0.260. The number of rotatable bonds is 3. The molecular weight excluding hydrogens is 180 g/mol. The van der Waals surface area contributed by atoms with E-state index >= 15 is 0 Å². The van der Waals surface area contributed by atoms with Crippen molar-refractivity contribution in [3.8, 4) is 0 Å². The molecule has 0 spiro atoms. The summed E-state index contributed by atoms with van der Waals surface area (Å²) in [5, 5.41) is 0. The molecule has 3 aliphatic carbocycles. The summed E-state index contributed by atoms with van der Waals surface area (Å²) in [5.74, 6) is 3.02. The third-order valence-electron chi connectivity index (χ3n) is 4.56. The smallest absolute Gasteiger partial charge is 0.0201 e. The Morgan fingerprint density at radius 2 is 2.07 bits per heavy atom. The van der Waals surface area contributed by atoms with E-state index in [0.29, 0.717) is 0 Å². The lowest BCUT2D eigenvalue weighted by Gasteiger charge is -2.37. The molecule has 0 nitrogen and oxygen atoms in total. The molecule has 3 fully saturated rings. The Balaban J connectivity index is 1.84. The molecule has 0 aliphatic heterocycles. The Morgan fingerprint density at radius 3 is 2.80 bits per heavy atom. The van der Waals surface area contributed by atoms with Gasteiger partial charge in [-0.2, -0.15) is 0 Å². The second kappa shape index (κ2) is 5.18. The van der Waals surface area contributed by atoms with Crippen LogP contribution in [0.15, 0.2) is 12.2 Å². The van der Waals surface area contributed by atoms with Crippen molar-refractivity contribution >= 4 is 0 Å². The summed E-state index contributed by atoms with van der Waals surface area (Å²) in [4.78, 5) is 0. The van der Waals surface area contributed by atoms with Crippen LogP contribution in [0, 0.1) is 17.8 Å². The fraction of sp³-hybridized carbons (Fsp3) is 0.867. The zero-order valence-electron chi connectivity index (χ0n) is 10.3. The molecule has 0 aromatic carbocycles. The molecular formula is C15H26. The maximum Gasteiger partial charge on any atom is -0.0201 e. The molecule has 0 amide bonds. The molecule has 0 heteroatoms. The first kappa shape index (κ1) is 11.2. The van der Waals surface area contributed by atoms with E-state index in [-0.39, 0.29) is 0 Å². The van der Waals surface area contributed by atoms with Crippen LogP contribution in [-0.2, 0) is 0 Å². The molecule has 3 rings (SSSR count). The highest BCUT2D eigenvalue weighted by Gasteiger charge is 2.33. The van der Waals surface area contributed by atoms with Gasteiger partial charge in [-0.1, -0.05) is 44.8 Å². The van der Waals surface area contributed by atoms with Gasteiger partial charge in [0, 0.05) is 0 Å². The molecule has 1 unspecified atom stereocenters. The Morgan fingerprint density at radius 1 is 1.27 bits per heavy atom. The number of fused-ring (bicyclic) bond motifs is 5. The minimum Gasteiger partial charge on any atom is -0.0996 e. The molecule has 0 saturated heterocycles. The van der Waals surface area contributed by atoms with Gasteiger partial charge in [0.25, 0.3) is 0 Å². The van der Waals surface area contributed by atoms with Gasteiger partial charge in [0.1, 0.15) is 0 Å². The Kier molecular flexibility index (Phi) is 3.88. The van der Waals surface area contributed by atoms with Crippen molar-refractivity contribution < 1.29 is 0 Å². The Bertz CT molecular complexity index is 210. The van der Waals surface area contributed by atoms with Crippen LogP contribution >= 0.6 is 0 Å². The lowest BCUT2D eigenvalue weighted by atomic mass is 9.68. The van der Waals surface area contributed by atoms with Crippen LogP contribution in [0.2, 0.25) is 0 Å². The number of hydrogen-bond donors (Lipinski definition) is 0. The van der Waals surface area contributed by atoms with Crippen molar-refractivity contribution in [1.82, 2.24) is 0 Å². The van der Waals surface area contributed by atoms with E-state index < -0.39 is 0 Å². The Labute approximate surface area is 95.1 Å². The van der Waals surface area contributed by atoms with Crippen LogP contribution in [0.25, 0.3) is 0 Å². The van der Waals surface area contributed by atoms with Crippen molar-refractivity contribution in [2.75, 3.05) is 0 Å². The topological polar surface area (TPSA) is 0 Å². The number of unbranched alkanes of at least 4 members (excludes halogenated alkanes) is 1. The van der Waals surface area contributed by atoms with Gasteiger partial charge in [-0.25, -0.2) is 0 Å². The highest BCUT2D eigenvalue weighted by molar-refractivity contribution is 5.07.